The third-order valence-corrected chi connectivity index (χ3v) is 2.55. The molecule has 2 rings (SSSR count). The van der Waals surface area contributed by atoms with Crippen LogP contribution in [0.15, 0.2) is 23.8 Å². The van der Waals surface area contributed by atoms with E-state index in [1.807, 2.05) is 0 Å². The van der Waals surface area contributed by atoms with E-state index in [1.54, 1.807) is 0 Å². The molecule has 14 heavy (non-hydrogen) atoms. The van der Waals surface area contributed by atoms with Gasteiger partial charge in [-0.3, -0.25) is 0 Å². The van der Waals surface area contributed by atoms with E-state index < -0.39 is 0 Å². The summed E-state index contributed by atoms with van der Waals surface area (Å²) in [5, 5.41) is 0. The molecule has 1 aliphatic carbocycles. The van der Waals surface area contributed by atoms with Crippen molar-refractivity contribution in [3.8, 4) is 0 Å². The SMILES string of the molecule is CC1=Cc2c(cccc2C(C)C)[CH]1.[Ti]. The first-order valence-corrected chi connectivity index (χ1v) is 4.84. The van der Waals surface area contributed by atoms with E-state index in [9.17, 15) is 0 Å². The van der Waals surface area contributed by atoms with Crippen LogP contribution in [0.25, 0.3) is 6.08 Å². The van der Waals surface area contributed by atoms with E-state index in [4.69, 9.17) is 0 Å². The molecule has 0 unspecified atom stereocenters. The van der Waals surface area contributed by atoms with Gasteiger partial charge in [0.1, 0.15) is 0 Å². The van der Waals surface area contributed by atoms with Crippen molar-refractivity contribution in [1.29, 1.82) is 0 Å². The normalized spacial score (nSPS) is 13.6. The maximum absolute atomic E-state index is 2.28. The Balaban J connectivity index is 0.000000980. The van der Waals surface area contributed by atoms with Crippen LogP contribution in [0.4, 0.5) is 0 Å². The molecule has 71 valence electrons. The van der Waals surface area contributed by atoms with Crippen LogP contribution in [0.2, 0.25) is 0 Å². The van der Waals surface area contributed by atoms with Gasteiger partial charge < -0.3 is 0 Å². The van der Waals surface area contributed by atoms with Crippen LogP contribution in [-0.4, -0.2) is 0 Å². The number of allylic oxidation sites excluding steroid dienone is 1. The molecule has 0 spiro atoms. The van der Waals surface area contributed by atoms with Crippen molar-refractivity contribution in [2.75, 3.05) is 0 Å². The molecule has 0 fully saturated rings. The zero-order valence-electron chi connectivity index (χ0n) is 8.96. The predicted octanol–water partition coefficient (Wildman–Crippen LogP) is 3.78. The van der Waals surface area contributed by atoms with Gasteiger partial charge in [0, 0.05) is 28.1 Å². The summed E-state index contributed by atoms with van der Waals surface area (Å²) >= 11 is 0. The topological polar surface area (TPSA) is 0 Å². The van der Waals surface area contributed by atoms with Crippen molar-refractivity contribution in [3.05, 3.63) is 46.9 Å². The number of benzene rings is 1. The molecule has 1 aliphatic rings. The van der Waals surface area contributed by atoms with Crippen LogP contribution in [0.5, 0.6) is 0 Å². The van der Waals surface area contributed by atoms with E-state index in [0.717, 1.165) is 0 Å². The molecular weight excluding hydrogens is 204 g/mol. The molecular formula is C13H15Ti. The summed E-state index contributed by atoms with van der Waals surface area (Å²) < 4.78 is 0. The Labute approximate surface area is 101 Å². The summed E-state index contributed by atoms with van der Waals surface area (Å²) in [6, 6.07) is 6.57. The van der Waals surface area contributed by atoms with Crippen LogP contribution in [-0.2, 0) is 21.7 Å². The third kappa shape index (κ3) is 2.02. The Kier molecular flexibility index (Phi) is 3.74. The fourth-order valence-corrected chi connectivity index (χ4v) is 1.91. The standard InChI is InChI=1S/C13H15.Ti/c1-9(2)12-6-4-5-11-7-10(3)8-13(11)12;/h4-9H,1-3H3;. The van der Waals surface area contributed by atoms with Gasteiger partial charge in [0.15, 0.2) is 0 Å². The zero-order valence-corrected chi connectivity index (χ0v) is 10.5. The average molecular weight is 219 g/mol. The summed E-state index contributed by atoms with van der Waals surface area (Å²) in [6.45, 7) is 6.65. The van der Waals surface area contributed by atoms with Crippen LogP contribution in [0.3, 0.4) is 0 Å². The summed E-state index contributed by atoms with van der Waals surface area (Å²) in [5.41, 5.74) is 5.63. The Bertz CT molecular complexity index is 361. The van der Waals surface area contributed by atoms with E-state index in [1.165, 1.54) is 22.3 Å². The maximum atomic E-state index is 2.28. The van der Waals surface area contributed by atoms with Gasteiger partial charge in [-0.1, -0.05) is 43.7 Å². The Morgan fingerprint density at radius 3 is 2.50 bits per heavy atom. The second-order valence-corrected chi connectivity index (χ2v) is 4.04. The maximum Gasteiger partial charge on any atom is 0.0161 e. The molecule has 0 nitrogen and oxygen atoms in total. The van der Waals surface area contributed by atoms with Crippen molar-refractivity contribution >= 4 is 6.08 Å². The summed E-state index contributed by atoms with van der Waals surface area (Å²) in [7, 11) is 0. The molecule has 1 aromatic rings. The van der Waals surface area contributed by atoms with E-state index >= 15 is 0 Å². The molecule has 0 saturated carbocycles. The summed E-state index contributed by atoms with van der Waals surface area (Å²) in [6.07, 6.45) is 4.53. The first-order chi connectivity index (χ1) is 6.18. The van der Waals surface area contributed by atoms with Crippen molar-refractivity contribution < 1.29 is 21.7 Å². The minimum absolute atomic E-state index is 0. The molecule has 1 aromatic carbocycles. The van der Waals surface area contributed by atoms with Crippen molar-refractivity contribution in [1.82, 2.24) is 0 Å². The Morgan fingerprint density at radius 1 is 1.14 bits per heavy atom. The average Bonchev–Trinajstić information content (AvgIpc) is 2.43. The largest absolute Gasteiger partial charge is 0.0642 e. The molecule has 0 heterocycles. The smallest absolute Gasteiger partial charge is 0.0161 e. The molecule has 0 atom stereocenters. The van der Waals surface area contributed by atoms with Crippen LogP contribution >= 0.6 is 0 Å². The minimum atomic E-state index is 0. The van der Waals surface area contributed by atoms with Crippen molar-refractivity contribution in [3.63, 3.8) is 0 Å². The molecule has 0 saturated heterocycles. The molecule has 1 heteroatoms. The van der Waals surface area contributed by atoms with Crippen LogP contribution in [0, 0.1) is 6.42 Å². The quantitative estimate of drug-likeness (QED) is 0.630. The molecule has 0 bridgehead atoms. The Morgan fingerprint density at radius 2 is 1.86 bits per heavy atom. The first-order valence-electron chi connectivity index (χ1n) is 4.84. The number of fused-ring (bicyclic) bond motifs is 1. The fourth-order valence-electron chi connectivity index (χ4n) is 1.91. The van der Waals surface area contributed by atoms with E-state index in [2.05, 4.69) is 51.5 Å². The van der Waals surface area contributed by atoms with Crippen LogP contribution < -0.4 is 0 Å². The Hall–Kier alpha value is -0.326. The molecule has 0 N–H and O–H groups in total. The number of hydrogen-bond acceptors (Lipinski definition) is 0. The predicted molar refractivity (Wildman–Crippen MR) is 57.6 cm³/mol. The van der Waals surface area contributed by atoms with Gasteiger partial charge in [-0.2, -0.15) is 0 Å². The summed E-state index contributed by atoms with van der Waals surface area (Å²) in [4.78, 5) is 0. The second kappa shape index (κ2) is 4.46. The first kappa shape index (κ1) is 11.7. The summed E-state index contributed by atoms with van der Waals surface area (Å²) in [5.74, 6) is 0.616. The van der Waals surface area contributed by atoms with Crippen molar-refractivity contribution in [2.24, 2.45) is 0 Å². The van der Waals surface area contributed by atoms with Gasteiger partial charge in [-0.25, -0.2) is 0 Å². The van der Waals surface area contributed by atoms with E-state index in [0.29, 0.717) is 5.92 Å². The second-order valence-electron chi connectivity index (χ2n) is 4.04. The third-order valence-electron chi connectivity index (χ3n) is 2.55. The van der Waals surface area contributed by atoms with Crippen LogP contribution in [0.1, 0.15) is 43.4 Å². The van der Waals surface area contributed by atoms with Gasteiger partial charge >= 0.3 is 0 Å². The van der Waals surface area contributed by atoms with Gasteiger partial charge in [-0.15, -0.1) is 0 Å². The van der Waals surface area contributed by atoms with Gasteiger partial charge in [0.25, 0.3) is 0 Å². The van der Waals surface area contributed by atoms with Gasteiger partial charge in [0.2, 0.25) is 0 Å². The van der Waals surface area contributed by atoms with Gasteiger partial charge in [-0.05, 0) is 29.5 Å². The number of hydrogen-bond donors (Lipinski definition) is 0. The molecule has 0 aliphatic heterocycles. The van der Waals surface area contributed by atoms with E-state index in [-0.39, 0.29) is 21.7 Å². The van der Waals surface area contributed by atoms with Crippen molar-refractivity contribution in [2.45, 2.75) is 26.7 Å². The fraction of sp³-hybridized carbons (Fsp3) is 0.308. The number of rotatable bonds is 1. The monoisotopic (exact) mass is 219 g/mol. The minimum Gasteiger partial charge on any atom is -0.0642 e. The molecule has 1 radical (unpaired) electrons. The molecule has 0 amide bonds. The molecule has 0 aromatic heterocycles. The zero-order chi connectivity index (χ0) is 9.42. The van der Waals surface area contributed by atoms with Gasteiger partial charge in [0.05, 0.1) is 0 Å².